The van der Waals surface area contributed by atoms with Crippen LogP contribution >= 0.6 is 11.6 Å². The van der Waals surface area contributed by atoms with E-state index in [0.717, 1.165) is 36.5 Å². The number of nitrogens with zero attached hydrogens (tertiary/aromatic N) is 2. The molecule has 1 heterocycles. The van der Waals surface area contributed by atoms with E-state index in [9.17, 15) is 0 Å². The molecule has 0 aliphatic heterocycles. The molecule has 0 saturated carbocycles. The first-order valence-electron chi connectivity index (χ1n) is 5.56. The molecule has 1 aromatic carbocycles. The van der Waals surface area contributed by atoms with E-state index in [4.69, 9.17) is 11.6 Å². The molecule has 0 amide bonds. The Morgan fingerprint density at radius 2 is 1.88 bits per heavy atom. The molecular formula is C13H15ClN2. The van der Waals surface area contributed by atoms with Crippen LogP contribution in [-0.2, 0) is 6.42 Å². The van der Waals surface area contributed by atoms with Crippen LogP contribution in [0, 0.1) is 0 Å². The van der Waals surface area contributed by atoms with Gasteiger partial charge in [-0.1, -0.05) is 18.2 Å². The highest BCUT2D eigenvalue weighted by molar-refractivity contribution is 6.17. The summed E-state index contributed by atoms with van der Waals surface area (Å²) in [6.07, 6.45) is 5.17. The van der Waals surface area contributed by atoms with Gasteiger partial charge in [0.2, 0.25) is 0 Å². The molecule has 0 unspecified atom stereocenters. The number of hydrogen-bond donors (Lipinski definition) is 0. The van der Waals surface area contributed by atoms with E-state index in [1.807, 2.05) is 29.1 Å². The predicted octanol–water partition coefficient (Wildman–Crippen LogP) is 3.43. The molecule has 0 aliphatic carbocycles. The fourth-order valence-corrected chi connectivity index (χ4v) is 1.81. The van der Waals surface area contributed by atoms with E-state index in [0.29, 0.717) is 0 Å². The van der Waals surface area contributed by atoms with Crippen LogP contribution in [0.25, 0.3) is 5.69 Å². The van der Waals surface area contributed by atoms with Crippen LogP contribution in [0.2, 0.25) is 0 Å². The second-order valence-corrected chi connectivity index (χ2v) is 4.11. The summed E-state index contributed by atoms with van der Waals surface area (Å²) in [7, 11) is 0. The SMILES string of the molecule is ClCCCCc1ccn(-c2ccccc2)n1. The predicted molar refractivity (Wildman–Crippen MR) is 67.2 cm³/mol. The first-order valence-corrected chi connectivity index (χ1v) is 6.09. The summed E-state index contributed by atoms with van der Waals surface area (Å²) < 4.78 is 1.91. The van der Waals surface area contributed by atoms with E-state index in [1.54, 1.807) is 0 Å². The molecule has 0 N–H and O–H groups in total. The summed E-state index contributed by atoms with van der Waals surface area (Å²) >= 11 is 5.64. The van der Waals surface area contributed by atoms with Gasteiger partial charge in [-0.15, -0.1) is 11.6 Å². The number of aryl methyl sites for hydroxylation is 1. The average molecular weight is 235 g/mol. The Kier molecular flexibility index (Phi) is 4.00. The normalized spacial score (nSPS) is 10.6. The second-order valence-electron chi connectivity index (χ2n) is 3.73. The minimum absolute atomic E-state index is 0.736. The Hall–Kier alpha value is -1.28. The van der Waals surface area contributed by atoms with Crippen molar-refractivity contribution >= 4 is 11.6 Å². The molecule has 0 saturated heterocycles. The second kappa shape index (κ2) is 5.71. The Morgan fingerprint density at radius 1 is 1.06 bits per heavy atom. The van der Waals surface area contributed by atoms with Crippen LogP contribution in [0.15, 0.2) is 42.6 Å². The zero-order valence-corrected chi connectivity index (χ0v) is 9.90. The van der Waals surface area contributed by atoms with Crippen molar-refractivity contribution < 1.29 is 0 Å². The Balaban J connectivity index is 2.02. The van der Waals surface area contributed by atoms with Gasteiger partial charge in [-0.05, 0) is 37.5 Å². The van der Waals surface area contributed by atoms with Gasteiger partial charge in [-0.2, -0.15) is 5.10 Å². The molecule has 2 aromatic rings. The van der Waals surface area contributed by atoms with E-state index < -0.39 is 0 Å². The molecule has 0 spiro atoms. The first-order chi connectivity index (χ1) is 7.90. The number of halogens is 1. The van der Waals surface area contributed by atoms with Crippen molar-refractivity contribution in [3.8, 4) is 5.69 Å². The van der Waals surface area contributed by atoms with E-state index in [-0.39, 0.29) is 0 Å². The van der Waals surface area contributed by atoms with Gasteiger partial charge in [0.1, 0.15) is 0 Å². The lowest BCUT2D eigenvalue weighted by molar-refractivity contribution is 0.755. The third-order valence-electron chi connectivity index (χ3n) is 2.48. The molecule has 3 heteroatoms. The number of unbranched alkanes of at least 4 members (excludes halogenated alkanes) is 1. The topological polar surface area (TPSA) is 17.8 Å². The maximum atomic E-state index is 5.64. The number of alkyl halides is 1. The molecular weight excluding hydrogens is 220 g/mol. The van der Waals surface area contributed by atoms with Crippen LogP contribution in [0.3, 0.4) is 0 Å². The van der Waals surface area contributed by atoms with Crippen molar-refractivity contribution in [2.24, 2.45) is 0 Å². The van der Waals surface area contributed by atoms with E-state index >= 15 is 0 Å². The van der Waals surface area contributed by atoms with Crippen molar-refractivity contribution in [1.29, 1.82) is 0 Å². The highest BCUT2D eigenvalue weighted by atomic mass is 35.5. The maximum Gasteiger partial charge on any atom is 0.0645 e. The van der Waals surface area contributed by atoms with Gasteiger partial charge < -0.3 is 0 Å². The van der Waals surface area contributed by atoms with Crippen LogP contribution in [0.5, 0.6) is 0 Å². The molecule has 1 aromatic heterocycles. The summed E-state index contributed by atoms with van der Waals surface area (Å²) in [5, 5.41) is 4.53. The van der Waals surface area contributed by atoms with E-state index in [1.165, 1.54) is 0 Å². The molecule has 2 nitrogen and oxygen atoms in total. The Morgan fingerprint density at radius 3 is 2.62 bits per heavy atom. The highest BCUT2D eigenvalue weighted by Gasteiger charge is 2.00. The molecule has 84 valence electrons. The highest BCUT2D eigenvalue weighted by Crippen LogP contribution is 2.08. The summed E-state index contributed by atoms with van der Waals surface area (Å²) in [5.41, 5.74) is 2.24. The Labute approximate surface area is 101 Å². The minimum Gasteiger partial charge on any atom is -0.241 e. The molecule has 0 radical (unpaired) electrons. The zero-order chi connectivity index (χ0) is 11.2. The Bertz CT molecular complexity index is 423. The van der Waals surface area contributed by atoms with Crippen molar-refractivity contribution in [2.75, 3.05) is 5.88 Å². The van der Waals surface area contributed by atoms with Crippen LogP contribution < -0.4 is 0 Å². The third-order valence-corrected chi connectivity index (χ3v) is 2.75. The van der Waals surface area contributed by atoms with Crippen LogP contribution in [0.4, 0.5) is 0 Å². The number of rotatable bonds is 5. The summed E-state index contributed by atoms with van der Waals surface area (Å²) in [6.45, 7) is 0. The number of aromatic nitrogens is 2. The average Bonchev–Trinajstić information content (AvgIpc) is 2.79. The standard InChI is InChI=1S/C13H15ClN2/c14-10-5-4-6-12-9-11-16(15-12)13-7-2-1-3-8-13/h1-3,7-9,11H,4-6,10H2. The smallest absolute Gasteiger partial charge is 0.0645 e. The van der Waals surface area contributed by atoms with Gasteiger partial charge >= 0.3 is 0 Å². The fraction of sp³-hybridized carbons (Fsp3) is 0.308. The zero-order valence-electron chi connectivity index (χ0n) is 9.14. The fourth-order valence-electron chi connectivity index (χ4n) is 1.62. The van der Waals surface area contributed by atoms with Crippen molar-refractivity contribution in [2.45, 2.75) is 19.3 Å². The number of benzene rings is 1. The van der Waals surface area contributed by atoms with Gasteiger partial charge in [0.05, 0.1) is 11.4 Å². The van der Waals surface area contributed by atoms with Gasteiger partial charge in [0.15, 0.2) is 0 Å². The maximum absolute atomic E-state index is 5.64. The minimum atomic E-state index is 0.736. The summed E-state index contributed by atoms with van der Waals surface area (Å²) in [5.74, 6) is 0.736. The third kappa shape index (κ3) is 2.86. The largest absolute Gasteiger partial charge is 0.241 e. The van der Waals surface area contributed by atoms with Crippen molar-refractivity contribution in [3.63, 3.8) is 0 Å². The van der Waals surface area contributed by atoms with Crippen LogP contribution in [0.1, 0.15) is 18.5 Å². The molecule has 2 rings (SSSR count). The molecule has 0 atom stereocenters. The van der Waals surface area contributed by atoms with Crippen molar-refractivity contribution in [3.05, 3.63) is 48.3 Å². The number of hydrogen-bond acceptors (Lipinski definition) is 1. The quantitative estimate of drug-likeness (QED) is 0.573. The van der Waals surface area contributed by atoms with Crippen LogP contribution in [-0.4, -0.2) is 15.7 Å². The first kappa shape index (κ1) is 11.2. The number of para-hydroxylation sites is 1. The molecule has 0 bridgehead atoms. The van der Waals surface area contributed by atoms with E-state index in [2.05, 4.69) is 23.3 Å². The van der Waals surface area contributed by atoms with Crippen molar-refractivity contribution in [1.82, 2.24) is 9.78 Å². The summed E-state index contributed by atoms with van der Waals surface area (Å²) in [6, 6.07) is 12.2. The molecule has 0 fully saturated rings. The molecule has 16 heavy (non-hydrogen) atoms. The lowest BCUT2D eigenvalue weighted by Gasteiger charge is -1.99. The van der Waals surface area contributed by atoms with Gasteiger partial charge in [0.25, 0.3) is 0 Å². The van der Waals surface area contributed by atoms with Gasteiger partial charge in [-0.3, -0.25) is 0 Å². The van der Waals surface area contributed by atoms with Gasteiger partial charge in [-0.25, -0.2) is 4.68 Å². The van der Waals surface area contributed by atoms with Gasteiger partial charge in [0, 0.05) is 12.1 Å². The summed E-state index contributed by atoms with van der Waals surface area (Å²) in [4.78, 5) is 0. The lowest BCUT2D eigenvalue weighted by atomic mass is 10.2. The molecule has 0 aliphatic rings. The lowest BCUT2D eigenvalue weighted by Crippen LogP contribution is -1.95. The monoisotopic (exact) mass is 234 g/mol.